The molecule has 37 heavy (non-hydrogen) atoms. The van der Waals surface area contributed by atoms with Crippen molar-refractivity contribution in [1.29, 1.82) is 10.5 Å². The molecule has 1 fully saturated rings. The van der Waals surface area contributed by atoms with E-state index < -0.39 is 0 Å². The Balaban J connectivity index is 1.24. The van der Waals surface area contributed by atoms with Crippen molar-refractivity contribution < 1.29 is 14.3 Å². The fourth-order valence-electron chi connectivity index (χ4n) is 5.28. The molecule has 0 atom stereocenters. The fraction of sp³-hybridized carbons (Fsp3) is 0.538. The summed E-state index contributed by atoms with van der Waals surface area (Å²) >= 11 is 2.98. The van der Waals surface area contributed by atoms with E-state index in [1.54, 1.807) is 0 Å². The van der Waals surface area contributed by atoms with E-state index >= 15 is 0 Å². The number of carbonyl (C=O) groups is 2. The zero-order chi connectivity index (χ0) is 25.8. The van der Waals surface area contributed by atoms with Crippen LogP contribution in [0.1, 0.15) is 44.8 Å². The van der Waals surface area contributed by atoms with Gasteiger partial charge in [-0.05, 0) is 49.7 Å². The van der Waals surface area contributed by atoms with Crippen molar-refractivity contribution in [2.75, 3.05) is 63.1 Å². The summed E-state index contributed by atoms with van der Waals surface area (Å²) in [4.78, 5) is 32.6. The van der Waals surface area contributed by atoms with Crippen molar-refractivity contribution in [3.63, 3.8) is 0 Å². The highest BCUT2D eigenvalue weighted by Crippen LogP contribution is 2.39. The number of amides is 2. The number of aryl methyl sites for hydroxylation is 2. The topological polar surface area (TPSA) is 121 Å². The Morgan fingerprint density at radius 2 is 1.38 bits per heavy atom. The number of thiophene rings is 2. The standard InChI is InChI=1S/C26H30N6O3S2/c27-13-19-17-3-1-5-21(17)36-25(19)29-23(33)15-32(8-7-31-9-11-35-12-10-31)16-24(34)30-26-20(14-28)18-4-2-6-22(18)37-26/h1-12,15-16H2,(H,29,33)(H,30,34). The molecule has 9 nitrogen and oxygen atoms in total. The van der Waals surface area contributed by atoms with Gasteiger partial charge in [-0.1, -0.05) is 0 Å². The average Bonchev–Trinajstić information content (AvgIpc) is 3.65. The first kappa shape index (κ1) is 25.8. The Morgan fingerprint density at radius 1 is 0.865 bits per heavy atom. The molecule has 11 heteroatoms. The van der Waals surface area contributed by atoms with Gasteiger partial charge in [-0.25, -0.2) is 0 Å². The molecule has 0 spiro atoms. The number of hydrogen-bond acceptors (Lipinski definition) is 9. The lowest BCUT2D eigenvalue weighted by molar-refractivity contribution is -0.120. The SMILES string of the molecule is N#Cc1c(NC(=O)CN(CCN2CCOCC2)CC(=O)Nc2sc3c(c2C#N)CCC3)sc2c1CCC2. The number of nitrogens with zero attached hydrogens (tertiary/aromatic N) is 4. The molecule has 0 saturated carbocycles. The summed E-state index contributed by atoms with van der Waals surface area (Å²) in [5.74, 6) is -0.474. The molecule has 3 heterocycles. The van der Waals surface area contributed by atoms with Crippen LogP contribution in [0.3, 0.4) is 0 Å². The molecule has 2 N–H and O–H groups in total. The molecule has 0 unspecified atom stereocenters. The third-order valence-electron chi connectivity index (χ3n) is 7.14. The molecule has 1 aliphatic heterocycles. The number of morpholine rings is 1. The van der Waals surface area contributed by atoms with Gasteiger partial charge in [0, 0.05) is 35.9 Å². The van der Waals surface area contributed by atoms with Crippen LogP contribution in [0.25, 0.3) is 0 Å². The largest absolute Gasteiger partial charge is 0.379 e. The van der Waals surface area contributed by atoms with E-state index in [-0.39, 0.29) is 24.9 Å². The molecule has 2 aliphatic carbocycles. The van der Waals surface area contributed by atoms with E-state index in [9.17, 15) is 20.1 Å². The number of carbonyl (C=O) groups excluding carboxylic acids is 2. The number of hydrogen-bond donors (Lipinski definition) is 2. The Morgan fingerprint density at radius 3 is 1.86 bits per heavy atom. The number of nitrogens with one attached hydrogen (secondary N) is 2. The number of fused-ring (bicyclic) bond motifs is 2. The average molecular weight is 539 g/mol. The quantitative estimate of drug-likeness (QED) is 0.504. The molecule has 2 aromatic heterocycles. The van der Waals surface area contributed by atoms with E-state index in [0.717, 1.165) is 69.3 Å². The molecule has 2 amide bonds. The van der Waals surface area contributed by atoms with E-state index in [2.05, 4.69) is 27.7 Å². The van der Waals surface area contributed by atoms with E-state index in [1.807, 2.05) is 4.90 Å². The van der Waals surface area contributed by atoms with Gasteiger partial charge in [0.2, 0.25) is 11.8 Å². The van der Waals surface area contributed by atoms with Gasteiger partial charge >= 0.3 is 0 Å². The highest BCUT2D eigenvalue weighted by molar-refractivity contribution is 7.17. The summed E-state index contributed by atoms with van der Waals surface area (Å²) in [5, 5.41) is 26.4. The predicted octanol–water partition coefficient (Wildman–Crippen LogP) is 2.74. The van der Waals surface area contributed by atoms with Crippen molar-refractivity contribution in [3.05, 3.63) is 32.0 Å². The lowest BCUT2D eigenvalue weighted by Crippen LogP contribution is -2.45. The molecule has 3 aliphatic rings. The fourth-order valence-corrected chi connectivity index (χ4v) is 7.79. The molecule has 0 radical (unpaired) electrons. The summed E-state index contributed by atoms with van der Waals surface area (Å²) in [6.07, 6.45) is 5.77. The molecular weight excluding hydrogens is 508 g/mol. The van der Waals surface area contributed by atoms with Crippen LogP contribution in [0, 0.1) is 22.7 Å². The van der Waals surface area contributed by atoms with Crippen LogP contribution in [0.5, 0.6) is 0 Å². The summed E-state index contributed by atoms with van der Waals surface area (Å²) in [5.41, 5.74) is 3.31. The molecular formula is C26H30N6O3S2. The van der Waals surface area contributed by atoms with E-state index in [0.29, 0.717) is 40.9 Å². The van der Waals surface area contributed by atoms with Crippen LogP contribution in [-0.4, -0.2) is 74.1 Å². The maximum absolute atomic E-state index is 13.0. The van der Waals surface area contributed by atoms with Gasteiger partial charge in [-0.15, -0.1) is 22.7 Å². The normalized spacial score (nSPS) is 16.7. The number of nitriles is 2. The first-order valence-corrected chi connectivity index (χ1v) is 14.4. The lowest BCUT2D eigenvalue weighted by atomic mass is 10.1. The zero-order valence-corrected chi connectivity index (χ0v) is 22.4. The Bertz CT molecular complexity index is 1180. The van der Waals surface area contributed by atoms with Crippen molar-refractivity contribution in [2.45, 2.75) is 38.5 Å². The van der Waals surface area contributed by atoms with Gasteiger partial charge in [-0.2, -0.15) is 10.5 Å². The second kappa shape index (κ2) is 11.7. The Kier molecular flexibility index (Phi) is 8.18. The third kappa shape index (κ3) is 5.87. The number of anilines is 2. The monoisotopic (exact) mass is 538 g/mol. The number of rotatable bonds is 9. The minimum Gasteiger partial charge on any atom is -0.379 e. The first-order chi connectivity index (χ1) is 18.1. The van der Waals surface area contributed by atoms with Gasteiger partial charge < -0.3 is 15.4 Å². The van der Waals surface area contributed by atoms with E-state index in [1.165, 1.54) is 32.4 Å². The Labute approximate surface area is 224 Å². The highest BCUT2D eigenvalue weighted by atomic mass is 32.1. The first-order valence-electron chi connectivity index (χ1n) is 12.8. The minimum atomic E-state index is -0.237. The van der Waals surface area contributed by atoms with E-state index in [4.69, 9.17) is 4.74 Å². The van der Waals surface area contributed by atoms with Crippen LogP contribution in [0.4, 0.5) is 10.0 Å². The number of ether oxygens (including phenoxy) is 1. The maximum atomic E-state index is 13.0. The smallest absolute Gasteiger partial charge is 0.239 e. The predicted molar refractivity (Wildman–Crippen MR) is 143 cm³/mol. The van der Waals surface area contributed by atoms with Gasteiger partial charge in [0.05, 0.1) is 37.4 Å². The second-order valence-electron chi connectivity index (χ2n) is 9.61. The summed E-state index contributed by atoms with van der Waals surface area (Å²) in [6.45, 7) is 4.35. The minimum absolute atomic E-state index is 0.0389. The molecule has 1 saturated heterocycles. The molecule has 0 bridgehead atoms. The van der Waals surface area contributed by atoms with Crippen LogP contribution < -0.4 is 10.6 Å². The lowest BCUT2D eigenvalue weighted by Gasteiger charge is -2.29. The summed E-state index contributed by atoms with van der Waals surface area (Å²) in [6, 6.07) is 4.53. The Hall–Kier alpha value is -2.80. The molecule has 0 aromatic carbocycles. The zero-order valence-electron chi connectivity index (χ0n) is 20.7. The summed E-state index contributed by atoms with van der Waals surface area (Å²) in [7, 11) is 0. The van der Waals surface area contributed by atoms with Crippen LogP contribution in [0.15, 0.2) is 0 Å². The second-order valence-corrected chi connectivity index (χ2v) is 11.8. The van der Waals surface area contributed by atoms with Crippen LogP contribution in [0.2, 0.25) is 0 Å². The van der Waals surface area contributed by atoms with Gasteiger partial charge in [0.15, 0.2) is 0 Å². The van der Waals surface area contributed by atoms with Crippen molar-refractivity contribution in [3.8, 4) is 12.1 Å². The van der Waals surface area contributed by atoms with Crippen molar-refractivity contribution in [2.24, 2.45) is 0 Å². The van der Waals surface area contributed by atoms with Crippen LogP contribution >= 0.6 is 22.7 Å². The molecule has 194 valence electrons. The molecule has 2 aromatic rings. The van der Waals surface area contributed by atoms with Gasteiger partial charge in [0.25, 0.3) is 0 Å². The van der Waals surface area contributed by atoms with Gasteiger partial charge in [0.1, 0.15) is 22.1 Å². The van der Waals surface area contributed by atoms with Crippen molar-refractivity contribution in [1.82, 2.24) is 9.80 Å². The molecule has 5 rings (SSSR count). The third-order valence-corrected chi connectivity index (χ3v) is 9.56. The summed E-state index contributed by atoms with van der Waals surface area (Å²) < 4.78 is 5.43. The van der Waals surface area contributed by atoms with Crippen molar-refractivity contribution >= 4 is 44.5 Å². The maximum Gasteiger partial charge on any atom is 0.239 e. The highest BCUT2D eigenvalue weighted by Gasteiger charge is 2.26. The van der Waals surface area contributed by atoms with Gasteiger partial charge in [-0.3, -0.25) is 19.4 Å². The van der Waals surface area contributed by atoms with Crippen LogP contribution in [-0.2, 0) is 40.0 Å².